The zero-order valence-electron chi connectivity index (χ0n) is 16.3. The summed E-state index contributed by atoms with van der Waals surface area (Å²) < 4.78 is 0. The van der Waals surface area contributed by atoms with Gasteiger partial charge in [0, 0.05) is 56.1 Å². The van der Waals surface area contributed by atoms with Crippen LogP contribution in [0.4, 0.5) is 5.82 Å². The smallest absolute Gasteiger partial charge is 0.162 e. The number of nitrogens with zero attached hydrogens (tertiary/aromatic N) is 5. The second-order valence-corrected chi connectivity index (χ2v) is 7.38. The Kier molecular flexibility index (Phi) is 4.88. The predicted molar refractivity (Wildman–Crippen MR) is 117 cm³/mol. The summed E-state index contributed by atoms with van der Waals surface area (Å²) in [7, 11) is 0. The Balaban J connectivity index is 1.41. The molecule has 3 heterocycles. The van der Waals surface area contributed by atoms with E-state index < -0.39 is 0 Å². The van der Waals surface area contributed by atoms with Gasteiger partial charge in [-0.2, -0.15) is 0 Å². The zero-order valence-corrected chi connectivity index (χ0v) is 16.3. The van der Waals surface area contributed by atoms with Crippen molar-refractivity contribution < 1.29 is 0 Å². The maximum absolute atomic E-state index is 4.99. The summed E-state index contributed by atoms with van der Waals surface area (Å²) in [6.07, 6.45) is 3.78. The summed E-state index contributed by atoms with van der Waals surface area (Å²) in [5.41, 5.74) is 3.31. The van der Waals surface area contributed by atoms with Crippen LogP contribution in [0.25, 0.3) is 22.3 Å². The van der Waals surface area contributed by atoms with Gasteiger partial charge < -0.3 is 4.90 Å². The van der Waals surface area contributed by atoms with Crippen LogP contribution < -0.4 is 4.90 Å². The molecule has 0 saturated carbocycles. The Labute approximate surface area is 170 Å². The molecule has 0 bridgehead atoms. The topological polar surface area (TPSA) is 45.2 Å². The Morgan fingerprint density at radius 3 is 2.34 bits per heavy atom. The maximum atomic E-state index is 4.99. The van der Waals surface area contributed by atoms with E-state index in [4.69, 9.17) is 9.97 Å². The minimum Gasteiger partial charge on any atom is -0.353 e. The maximum Gasteiger partial charge on any atom is 0.162 e. The largest absolute Gasteiger partial charge is 0.353 e. The van der Waals surface area contributed by atoms with Crippen molar-refractivity contribution in [2.45, 2.75) is 6.54 Å². The molecule has 5 rings (SSSR count). The fraction of sp³-hybridized carbons (Fsp3) is 0.208. The molecule has 1 aliphatic rings. The molecular weight excluding hydrogens is 358 g/mol. The quantitative estimate of drug-likeness (QED) is 0.534. The van der Waals surface area contributed by atoms with E-state index in [2.05, 4.69) is 51.2 Å². The Morgan fingerprint density at radius 2 is 1.55 bits per heavy atom. The van der Waals surface area contributed by atoms with Gasteiger partial charge in [0.05, 0.1) is 5.52 Å². The summed E-state index contributed by atoms with van der Waals surface area (Å²) in [4.78, 5) is 18.9. The molecule has 0 amide bonds. The highest BCUT2D eigenvalue weighted by molar-refractivity contribution is 5.91. The van der Waals surface area contributed by atoms with E-state index in [0.717, 1.165) is 60.8 Å². The molecule has 0 N–H and O–H groups in total. The van der Waals surface area contributed by atoms with Crippen LogP contribution in [0.1, 0.15) is 5.56 Å². The summed E-state index contributed by atoms with van der Waals surface area (Å²) in [5, 5.41) is 1.12. The van der Waals surface area contributed by atoms with Crippen molar-refractivity contribution in [2.75, 3.05) is 31.1 Å². The predicted octanol–water partition coefficient (Wildman–Crippen LogP) is 4.01. The van der Waals surface area contributed by atoms with E-state index in [0.29, 0.717) is 0 Å². The lowest BCUT2D eigenvalue weighted by Crippen LogP contribution is -2.46. The number of rotatable bonds is 4. The average Bonchev–Trinajstić information content (AvgIpc) is 2.80. The van der Waals surface area contributed by atoms with Gasteiger partial charge in [0.15, 0.2) is 5.82 Å². The van der Waals surface area contributed by atoms with Crippen molar-refractivity contribution in [3.05, 3.63) is 84.7 Å². The molecule has 1 fully saturated rings. The summed E-state index contributed by atoms with van der Waals surface area (Å²) in [6.45, 7) is 4.87. The Hall–Kier alpha value is -3.31. The molecule has 5 nitrogen and oxygen atoms in total. The van der Waals surface area contributed by atoms with Gasteiger partial charge >= 0.3 is 0 Å². The van der Waals surface area contributed by atoms with Crippen LogP contribution in [-0.2, 0) is 6.54 Å². The third kappa shape index (κ3) is 3.82. The molecule has 29 heavy (non-hydrogen) atoms. The molecule has 0 aliphatic carbocycles. The highest BCUT2D eigenvalue weighted by Crippen LogP contribution is 2.28. The normalized spacial score (nSPS) is 15.0. The first kappa shape index (κ1) is 17.8. The lowest BCUT2D eigenvalue weighted by atomic mass is 10.1. The van der Waals surface area contributed by atoms with E-state index in [1.807, 2.05) is 42.7 Å². The van der Waals surface area contributed by atoms with Gasteiger partial charge in [-0.25, -0.2) is 9.97 Å². The molecule has 0 radical (unpaired) electrons. The molecule has 2 aromatic carbocycles. The standard InChI is InChI=1S/C24H23N5/c1-2-8-20(9-3-1)23-26-22-11-5-4-10-21(22)24(27-23)29-15-13-28(14-16-29)18-19-7-6-12-25-17-19/h1-12,17H,13-16,18H2. The minimum atomic E-state index is 0.789. The zero-order chi connectivity index (χ0) is 19.5. The molecule has 1 aliphatic heterocycles. The summed E-state index contributed by atoms with van der Waals surface area (Å²) in [6, 6.07) is 22.7. The number of piperazine rings is 1. The number of aromatic nitrogens is 3. The van der Waals surface area contributed by atoms with Gasteiger partial charge in [0.2, 0.25) is 0 Å². The molecule has 4 aromatic rings. The fourth-order valence-electron chi connectivity index (χ4n) is 3.88. The van der Waals surface area contributed by atoms with Gasteiger partial charge in [-0.3, -0.25) is 9.88 Å². The third-order valence-electron chi connectivity index (χ3n) is 5.42. The number of hydrogen-bond acceptors (Lipinski definition) is 5. The highest BCUT2D eigenvalue weighted by atomic mass is 15.3. The van der Waals surface area contributed by atoms with Gasteiger partial charge in [-0.15, -0.1) is 0 Å². The lowest BCUT2D eigenvalue weighted by Gasteiger charge is -2.36. The van der Waals surface area contributed by atoms with Gasteiger partial charge in [0.25, 0.3) is 0 Å². The second-order valence-electron chi connectivity index (χ2n) is 7.38. The summed E-state index contributed by atoms with van der Waals surface area (Å²) >= 11 is 0. The van der Waals surface area contributed by atoms with Gasteiger partial charge in [-0.1, -0.05) is 48.5 Å². The van der Waals surface area contributed by atoms with Crippen molar-refractivity contribution >= 4 is 16.7 Å². The first-order valence-corrected chi connectivity index (χ1v) is 10.1. The van der Waals surface area contributed by atoms with Crippen LogP contribution >= 0.6 is 0 Å². The van der Waals surface area contributed by atoms with E-state index in [9.17, 15) is 0 Å². The van der Waals surface area contributed by atoms with Crippen molar-refractivity contribution in [1.82, 2.24) is 19.9 Å². The molecule has 0 unspecified atom stereocenters. The SMILES string of the molecule is c1ccc(-c2nc(N3CCN(Cc4cccnc4)CC3)c3ccccc3n2)cc1. The monoisotopic (exact) mass is 381 g/mol. The average molecular weight is 381 g/mol. The van der Waals surface area contributed by atoms with Crippen LogP contribution in [-0.4, -0.2) is 46.0 Å². The van der Waals surface area contributed by atoms with Crippen LogP contribution in [0.15, 0.2) is 79.1 Å². The molecule has 5 heteroatoms. The third-order valence-corrected chi connectivity index (χ3v) is 5.42. The lowest BCUT2D eigenvalue weighted by molar-refractivity contribution is 0.249. The first-order chi connectivity index (χ1) is 14.4. The van der Waals surface area contributed by atoms with Gasteiger partial charge in [0.1, 0.15) is 5.82 Å². The van der Waals surface area contributed by atoms with Crippen molar-refractivity contribution in [3.8, 4) is 11.4 Å². The van der Waals surface area contributed by atoms with Crippen LogP contribution in [0, 0.1) is 0 Å². The Morgan fingerprint density at radius 1 is 0.759 bits per heavy atom. The molecule has 2 aromatic heterocycles. The number of fused-ring (bicyclic) bond motifs is 1. The van der Waals surface area contributed by atoms with Crippen LogP contribution in [0.3, 0.4) is 0 Å². The van der Waals surface area contributed by atoms with Crippen molar-refractivity contribution in [3.63, 3.8) is 0 Å². The van der Waals surface area contributed by atoms with Crippen molar-refractivity contribution in [2.24, 2.45) is 0 Å². The van der Waals surface area contributed by atoms with Crippen LogP contribution in [0.5, 0.6) is 0 Å². The highest BCUT2D eigenvalue weighted by Gasteiger charge is 2.21. The fourth-order valence-corrected chi connectivity index (χ4v) is 3.88. The number of benzene rings is 2. The first-order valence-electron chi connectivity index (χ1n) is 10.1. The Bertz CT molecular complexity index is 1090. The molecule has 1 saturated heterocycles. The second kappa shape index (κ2) is 7.97. The number of para-hydroxylation sites is 1. The van der Waals surface area contributed by atoms with Gasteiger partial charge in [-0.05, 0) is 23.8 Å². The number of anilines is 1. The number of pyridine rings is 1. The molecule has 144 valence electrons. The molecule has 0 atom stereocenters. The number of hydrogen-bond donors (Lipinski definition) is 0. The van der Waals surface area contributed by atoms with E-state index >= 15 is 0 Å². The van der Waals surface area contributed by atoms with Crippen LogP contribution in [0.2, 0.25) is 0 Å². The molecular formula is C24H23N5. The molecule has 0 spiro atoms. The van der Waals surface area contributed by atoms with E-state index in [-0.39, 0.29) is 0 Å². The van der Waals surface area contributed by atoms with E-state index in [1.165, 1.54) is 5.56 Å². The van der Waals surface area contributed by atoms with Crippen molar-refractivity contribution in [1.29, 1.82) is 0 Å². The van der Waals surface area contributed by atoms with E-state index in [1.54, 1.807) is 0 Å². The summed E-state index contributed by atoms with van der Waals surface area (Å²) in [5.74, 6) is 1.83. The minimum absolute atomic E-state index is 0.789.